The molecule has 0 aromatic heterocycles. The second kappa shape index (κ2) is 6.50. The fraction of sp³-hybridized carbons (Fsp3) is 0.250. The van der Waals surface area contributed by atoms with Crippen LogP contribution in [0, 0.1) is 4.91 Å². The van der Waals surface area contributed by atoms with Gasteiger partial charge in [0, 0.05) is 10.1 Å². The molecule has 8 heteroatoms. The van der Waals surface area contributed by atoms with E-state index >= 15 is 0 Å². The number of phenols is 1. The predicted molar refractivity (Wildman–Crippen MR) is 65.8 cm³/mol. The van der Waals surface area contributed by atoms with Crippen LogP contribution in [0.5, 0.6) is 11.5 Å². The van der Waals surface area contributed by atoms with Crippen LogP contribution in [-0.2, 0) is 14.4 Å². The first-order valence-electron chi connectivity index (χ1n) is 5.49. The Morgan fingerprint density at radius 3 is 2.65 bits per heavy atom. The topological polar surface area (TPSA) is 85.1 Å². The van der Waals surface area contributed by atoms with Gasteiger partial charge in [-0.2, -0.15) is 0 Å². The number of carbonyl (C=O) groups excluding carboxylic acids is 1. The van der Waals surface area contributed by atoms with Gasteiger partial charge in [-0.25, -0.2) is 9.63 Å². The van der Waals surface area contributed by atoms with Crippen molar-refractivity contribution in [1.29, 1.82) is 0 Å². The minimum atomic E-state index is -0.802. The largest absolute Gasteiger partial charge is 0.502 e. The molecule has 0 saturated heterocycles. The highest BCUT2D eigenvalue weighted by atomic mass is 19.3. The van der Waals surface area contributed by atoms with E-state index < -0.39 is 17.5 Å². The van der Waals surface area contributed by atoms with E-state index in [-0.39, 0.29) is 28.4 Å². The summed E-state index contributed by atoms with van der Waals surface area (Å²) >= 11 is 0. The van der Waals surface area contributed by atoms with Crippen LogP contribution in [0.2, 0.25) is 0 Å². The fourth-order valence-electron chi connectivity index (χ4n) is 1.43. The smallest absolute Gasteiger partial charge is 0.361 e. The maximum absolute atomic E-state index is 12.5. The maximum Gasteiger partial charge on any atom is 0.361 e. The van der Waals surface area contributed by atoms with Gasteiger partial charge in [-0.1, -0.05) is 6.58 Å². The minimum Gasteiger partial charge on any atom is -0.502 e. The van der Waals surface area contributed by atoms with Crippen LogP contribution in [0.4, 0.5) is 10.2 Å². The van der Waals surface area contributed by atoms with Gasteiger partial charge in [0.2, 0.25) is 0 Å². The zero-order valence-corrected chi connectivity index (χ0v) is 10.9. The van der Waals surface area contributed by atoms with E-state index in [1.807, 2.05) is 0 Å². The Bertz CT molecular complexity index is 557. The SMILES string of the molecule is C=C(C(=O)OCC)c1cc(O)c([N+](=O)OC)cc1OF. The first kappa shape index (κ1) is 15.4. The second-order valence-electron chi connectivity index (χ2n) is 3.55. The summed E-state index contributed by atoms with van der Waals surface area (Å²) < 4.78 is 17.2. The number of hydrogen-bond acceptors (Lipinski definition) is 6. The standard InChI is InChI=1S/C12H12FNO6/c1-4-19-12(16)7(2)8-5-10(15)9(14(17)18-3)6-11(8)20-13/h5-6H,2,4H2,1,3H3/p+1. The van der Waals surface area contributed by atoms with Crippen molar-refractivity contribution in [3.05, 3.63) is 29.2 Å². The summed E-state index contributed by atoms with van der Waals surface area (Å²) in [4.78, 5) is 30.6. The van der Waals surface area contributed by atoms with Crippen LogP contribution in [0.25, 0.3) is 5.57 Å². The first-order valence-corrected chi connectivity index (χ1v) is 5.49. The van der Waals surface area contributed by atoms with Crippen LogP contribution in [0.15, 0.2) is 18.7 Å². The Labute approximate surface area is 113 Å². The summed E-state index contributed by atoms with van der Waals surface area (Å²) in [5.74, 6) is -1.82. The van der Waals surface area contributed by atoms with E-state index in [9.17, 15) is 19.3 Å². The number of benzene rings is 1. The van der Waals surface area contributed by atoms with Crippen molar-refractivity contribution >= 4 is 17.2 Å². The number of aromatic hydroxyl groups is 1. The molecule has 0 aliphatic heterocycles. The third-order valence-electron chi connectivity index (χ3n) is 2.37. The van der Waals surface area contributed by atoms with Gasteiger partial charge in [0.15, 0.2) is 18.6 Å². The van der Waals surface area contributed by atoms with E-state index in [1.54, 1.807) is 6.92 Å². The molecule has 20 heavy (non-hydrogen) atoms. The van der Waals surface area contributed by atoms with Gasteiger partial charge in [-0.15, -0.1) is 0 Å². The van der Waals surface area contributed by atoms with E-state index in [1.165, 1.54) is 0 Å². The predicted octanol–water partition coefficient (Wildman–Crippen LogP) is 2.20. The van der Waals surface area contributed by atoms with E-state index in [0.29, 0.717) is 0 Å². The van der Waals surface area contributed by atoms with Crippen molar-refractivity contribution in [1.82, 2.24) is 0 Å². The molecule has 0 unspecified atom stereocenters. The average Bonchev–Trinajstić information content (AvgIpc) is 2.45. The molecule has 0 saturated carbocycles. The monoisotopic (exact) mass is 286 g/mol. The molecule has 1 N–H and O–H groups in total. The molecule has 0 amide bonds. The van der Waals surface area contributed by atoms with Gasteiger partial charge < -0.3 is 9.84 Å². The van der Waals surface area contributed by atoms with Crippen LogP contribution in [0.1, 0.15) is 12.5 Å². The summed E-state index contributed by atoms with van der Waals surface area (Å²) in [5.41, 5.74) is -0.756. The van der Waals surface area contributed by atoms with Gasteiger partial charge in [0.05, 0.1) is 23.2 Å². The number of carbonyl (C=O) groups is 1. The third kappa shape index (κ3) is 3.02. The van der Waals surface area contributed by atoms with Gasteiger partial charge in [0.25, 0.3) is 4.92 Å². The Morgan fingerprint density at radius 2 is 2.15 bits per heavy atom. The molecule has 0 aliphatic carbocycles. The lowest BCUT2D eigenvalue weighted by Gasteiger charge is -2.08. The summed E-state index contributed by atoms with van der Waals surface area (Å²) in [6, 6.07) is 1.82. The molecule has 0 fully saturated rings. The molecular weight excluding hydrogens is 273 g/mol. The van der Waals surface area contributed by atoms with Crippen molar-refractivity contribution < 1.29 is 33.9 Å². The lowest BCUT2D eigenvalue weighted by Crippen LogP contribution is -2.07. The summed E-state index contributed by atoms with van der Waals surface area (Å²) in [6.07, 6.45) is 0. The van der Waals surface area contributed by atoms with Crippen molar-refractivity contribution in [3.63, 3.8) is 0 Å². The molecule has 1 aromatic rings. The maximum atomic E-state index is 12.5. The summed E-state index contributed by atoms with van der Waals surface area (Å²) in [5, 5.41) is 9.68. The lowest BCUT2D eigenvalue weighted by molar-refractivity contribution is -0.736. The number of halogens is 1. The molecule has 0 aliphatic rings. The minimum absolute atomic E-state index is 0.0469. The molecular formula is C12H13FNO6+. The Balaban J connectivity index is 3.28. The Kier molecular flexibility index (Phi) is 5.01. The molecule has 0 heterocycles. The summed E-state index contributed by atoms with van der Waals surface area (Å²) in [7, 11) is 1.06. The van der Waals surface area contributed by atoms with Crippen molar-refractivity contribution in [2.75, 3.05) is 13.7 Å². The highest BCUT2D eigenvalue weighted by Gasteiger charge is 2.27. The second-order valence-corrected chi connectivity index (χ2v) is 3.55. The molecule has 0 radical (unpaired) electrons. The van der Waals surface area contributed by atoms with E-state index in [0.717, 1.165) is 19.2 Å². The number of nitrogens with zero attached hydrogens (tertiary/aromatic N) is 1. The first-order chi connectivity index (χ1) is 9.46. The molecule has 1 aromatic carbocycles. The number of rotatable bonds is 6. The van der Waals surface area contributed by atoms with Crippen molar-refractivity contribution in [2.45, 2.75) is 6.92 Å². The molecule has 0 bridgehead atoms. The molecule has 1 rings (SSSR count). The van der Waals surface area contributed by atoms with Gasteiger partial charge in [0.1, 0.15) is 0 Å². The van der Waals surface area contributed by atoms with Crippen LogP contribution < -0.4 is 4.94 Å². The Hall–Kier alpha value is -2.64. The van der Waals surface area contributed by atoms with E-state index in [2.05, 4.69) is 16.4 Å². The Morgan fingerprint density at radius 1 is 1.50 bits per heavy atom. The van der Waals surface area contributed by atoms with E-state index in [4.69, 9.17) is 4.74 Å². The van der Waals surface area contributed by atoms with Crippen LogP contribution in [0.3, 0.4) is 0 Å². The number of phenolic OH excluding ortho intramolecular Hbond substituents is 1. The third-order valence-corrected chi connectivity index (χ3v) is 2.37. The molecule has 0 spiro atoms. The molecule has 7 nitrogen and oxygen atoms in total. The van der Waals surface area contributed by atoms with Crippen LogP contribution in [-0.4, -0.2) is 29.7 Å². The van der Waals surface area contributed by atoms with Gasteiger partial charge in [-0.05, 0) is 13.0 Å². The quantitative estimate of drug-likeness (QED) is 0.490. The molecule has 0 atom stereocenters. The van der Waals surface area contributed by atoms with Crippen molar-refractivity contribution in [3.8, 4) is 11.5 Å². The van der Waals surface area contributed by atoms with Crippen molar-refractivity contribution in [2.24, 2.45) is 0 Å². The zero-order valence-electron chi connectivity index (χ0n) is 10.9. The van der Waals surface area contributed by atoms with Crippen LogP contribution >= 0.6 is 0 Å². The number of hydrogen-bond donors (Lipinski definition) is 1. The number of esters is 1. The molecule has 108 valence electrons. The zero-order chi connectivity index (χ0) is 15.3. The van der Waals surface area contributed by atoms with Gasteiger partial charge in [-0.3, -0.25) is 4.94 Å². The normalized spacial score (nSPS) is 9.75. The fourth-order valence-corrected chi connectivity index (χ4v) is 1.43. The summed E-state index contributed by atoms with van der Waals surface area (Å²) in [6.45, 7) is 5.12. The average molecular weight is 286 g/mol. The highest BCUT2D eigenvalue weighted by molar-refractivity contribution is 6.16. The number of ether oxygens (including phenoxy) is 1. The highest BCUT2D eigenvalue weighted by Crippen LogP contribution is 2.37. The van der Waals surface area contributed by atoms with Gasteiger partial charge >= 0.3 is 11.7 Å². The lowest BCUT2D eigenvalue weighted by atomic mass is 10.1.